The van der Waals surface area contributed by atoms with E-state index in [1.54, 1.807) is 42.3 Å². The molecule has 2 aromatic rings. The molecule has 104 valence electrons. The Labute approximate surface area is 116 Å². The number of aliphatic hydroxyl groups is 1. The van der Waals surface area contributed by atoms with Crippen LogP contribution in [0.1, 0.15) is 12.5 Å². The second-order valence-electron chi connectivity index (χ2n) is 4.37. The first-order valence-corrected chi connectivity index (χ1v) is 6.17. The molecular formula is C14H15N3O3. The maximum atomic E-state index is 10.6. The molecule has 1 unspecified atom stereocenters. The number of nitrogens with zero attached hydrogens (tertiary/aromatic N) is 3. The minimum Gasteiger partial charge on any atom is -0.374 e. The van der Waals surface area contributed by atoms with E-state index in [1.807, 2.05) is 6.07 Å². The molecule has 0 aliphatic heterocycles. The van der Waals surface area contributed by atoms with Crippen LogP contribution < -0.4 is 4.90 Å². The highest BCUT2D eigenvalue weighted by Crippen LogP contribution is 2.18. The molecule has 0 aliphatic rings. The fraction of sp³-hybridized carbons (Fsp3) is 0.214. The van der Waals surface area contributed by atoms with E-state index in [0.717, 1.165) is 5.56 Å². The maximum absolute atomic E-state index is 10.6. The van der Waals surface area contributed by atoms with Crippen molar-refractivity contribution in [3.63, 3.8) is 0 Å². The summed E-state index contributed by atoms with van der Waals surface area (Å²) >= 11 is 0. The third-order valence-electron chi connectivity index (χ3n) is 2.89. The summed E-state index contributed by atoms with van der Waals surface area (Å²) in [5.74, 6) is 0.654. The fourth-order valence-corrected chi connectivity index (χ4v) is 1.85. The Balaban J connectivity index is 2.19. The zero-order valence-electron chi connectivity index (χ0n) is 11.0. The Kier molecular flexibility index (Phi) is 4.27. The van der Waals surface area contributed by atoms with Crippen LogP contribution in [-0.2, 0) is 6.54 Å². The molecule has 1 aromatic heterocycles. The molecule has 0 spiro atoms. The van der Waals surface area contributed by atoms with E-state index in [1.165, 1.54) is 12.1 Å². The summed E-state index contributed by atoms with van der Waals surface area (Å²) < 4.78 is 0. The van der Waals surface area contributed by atoms with Crippen LogP contribution in [0.2, 0.25) is 0 Å². The molecule has 0 radical (unpaired) electrons. The normalized spacial score (nSPS) is 11.9. The number of benzene rings is 1. The van der Waals surface area contributed by atoms with Gasteiger partial charge in [0.05, 0.1) is 4.92 Å². The second-order valence-corrected chi connectivity index (χ2v) is 4.37. The lowest BCUT2D eigenvalue weighted by Gasteiger charge is -2.26. The number of aliphatic hydroxyl groups excluding tert-OH is 1. The summed E-state index contributed by atoms with van der Waals surface area (Å²) in [6, 6.07) is 11.7. The van der Waals surface area contributed by atoms with Crippen molar-refractivity contribution in [1.82, 2.24) is 4.98 Å². The second kappa shape index (κ2) is 6.12. The molecular weight excluding hydrogens is 258 g/mol. The number of anilines is 1. The van der Waals surface area contributed by atoms with E-state index < -0.39 is 11.2 Å². The first-order chi connectivity index (χ1) is 9.58. The molecule has 1 N–H and O–H groups in total. The Morgan fingerprint density at radius 1 is 1.30 bits per heavy atom. The molecule has 2 rings (SSSR count). The van der Waals surface area contributed by atoms with Gasteiger partial charge in [-0.05, 0) is 24.6 Å². The van der Waals surface area contributed by atoms with Crippen LogP contribution >= 0.6 is 0 Å². The highest BCUT2D eigenvalue weighted by molar-refractivity contribution is 5.41. The van der Waals surface area contributed by atoms with Gasteiger partial charge in [-0.3, -0.25) is 10.1 Å². The van der Waals surface area contributed by atoms with Crippen molar-refractivity contribution in [2.45, 2.75) is 19.7 Å². The van der Waals surface area contributed by atoms with Gasteiger partial charge in [0, 0.05) is 24.9 Å². The van der Waals surface area contributed by atoms with Gasteiger partial charge in [0.2, 0.25) is 0 Å². The highest BCUT2D eigenvalue weighted by atomic mass is 16.6. The summed E-state index contributed by atoms with van der Waals surface area (Å²) in [4.78, 5) is 16.1. The zero-order valence-corrected chi connectivity index (χ0v) is 11.0. The van der Waals surface area contributed by atoms with Gasteiger partial charge in [-0.2, -0.15) is 0 Å². The minimum absolute atomic E-state index is 0.0511. The lowest BCUT2D eigenvalue weighted by Crippen LogP contribution is -2.32. The number of pyridine rings is 1. The van der Waals surface area contributed by atoms with E-state index in [0.29, 0.717) is 12.4 Å². The van der Waals surface area contributed by atoms with Gasteiger partial charge in [-0.25, -0.2) is 4.98 Å². The van der Waals surface area contributed by atoms with Gasteiger partial charge in [0.15, 0.2) is 0 Å². The van der Waals surface area contributed by atoms with Gasteiger partial charge in [0.25, 0.3) is 5.69 Å². The zero-order chi connectivity index (χ0) is 14.5. The number of nitro benzene ring substituents is 1. The van der Waals surface area contributed by atoms with Crippen molar-refractivity contribution >= 4 is 11.5 Å². The number of rotatable bonds is 5. The molecule has 0 aliphatic carbocycles. The first kappa shape index (κ1) is 14.0. The van der Waals surface area contributed by atoms with Gasteiger partial charge in [0.1, 0.15) is 12.0 Å². The third-order valence-corrected chi connectivity index (χ3v) is 2.89. The lowest BCUT2D eigenvalue weighted by molar-refractivity contribution is -0.384. The van der Waals surface area contributed by atoms with E-state index in [2.05, 4.69) is 4.98 Å². The van der Waals surface area contributed by atoms with Crippen molar-refractivity contribution in [1.29, 1.82) is 0 Å². The molecule has 0 fully saturated rings. The average Bonchev–Trinajstić information content (AvgIpc) is 2.46. The number of hydrogen-bond acceptors (Lipinski definition) is 5. The largest absolute Gasteiger partial charge is 0.374 e. The van der Waals surface area contributed by atoms with E-state index >= 15 is 0 Å². The molecule has 6 nitrogen and oxygen atoms in total. The predicted octanol–water partition coefficient (Wildman–Crippen LogP) is 2.33. The Hall–Kier alpha value is -2.47. The molecule has 6 heteroatoms. The monoisotopic (exact) mass is 273 g/mol. The molecule has 0 saturated carbocycles. The minimum atomic E-state index is -0.708. The molecule has 20 heavy (non-hydrogen) atoms. The van der Waals surface area contributed by atoms with Crippen LogP contribution in [0.15, 0.2) is 48.7 Å². The molecule has 0 amide bonds. The Morgan fingerprint density at radius 2 is 2.00 bits per heavy atom. The Morgan fingerprint density at radius 3 is 2.50 bits per heavy atom. The van der Waals surface area contributed by atoms with Crippen LogP contribution in [0.3, 0.4) is 0 Å². The summed E-state index contributed by atoms with van der Waals surface area (Å²) in [7, 11) is 0. The lowest BCUT2D eigenvalue weighted by atomic mass is 10.2. The van der Waals surface area contributed by atoms with Gasteiger partial charge >= 0.3 is 0 Å². The van der Waals surface area contributed by atoms with Gasteiger partial charge < -0.3 is 10.0 Å². The topological polar surface area (TPSA) is 79.5 Å². The molecule has 1 heterocycles. The molecule has 0 saturated heterocycles. The number of non-ortho nitro benzene ring substituents is 1. The van der Waals surface area contributed by atoms with Gasteiger partial charge in [-0.15, -0.1) is 0 Å². The van der Waals surface area contributed by atoms with Crippen LogP contribution in [0.5, 0.6) is 0 Å². The summed E-state index contributed by atoms with van der Waals surface area (Å²) in [6.45, 7) is 2.08. The van der Waals surface area contributed by atoms with E-state index in [9.17, 15) is 15.2 Å². The number of nitro groups is 1. The summed E-state index contributed by atoms with van der Waals surface area (Å²) in [5, 5.41) is 20.5. The van der Waals surface area contributed by atoms with E-state index in [4.69, 9.17) is 0 Å². The highest BCUT2D eigenvalue weighted by Gasteiger charge is 2.14. The van der Waals surface area contributed by atoms with Crippen LogP contribution in [0.25, 0.3) is 0 Å². The fourth-order valence-electron chi connectivity index (χ4n) is 1.85. The van der Waals surface area contributed by atoms with Crippen molar-refractivity contribution in [2.75, 3.05) is 4.90 Å². The smallest absolute Gasteiger partial charge is 0.269 e. The van der Waals surface area contributed by atoms with Crippen molar-refractivity contribution in [3.8, 4) is 0 Å². The van der Waals surface area contributed by atoms with Crippen LogP contribution in [0.4, 0.5) is 11.5 Å². The quantitative estimate of drug-likeness (QED) is 0.514. The predicted molar refractivity (Wildman–Crippen MR) is 75.2 cm³/mol. The number of aromatic nitrogens is 1. The van der Waals surface area contributed by atoms with Crippen LogP contribution in [0, 0.1) is 10.1 Å². The SMILES string of the molecule is CC(O)N(Cc1ccc([N+](=O)[O-])cc1)c1ccccn1. The molecule has 1 aromatic carbocycles. The van der Waals surface area contributed by atoms with Crippen molar-refractivity contribution in [3.05, 3.63) is 64.3 Å². The van der Waals surface area contributed by atoms with Crippen molar-refractivity contribution in [2.24, 2.45) is 0 Å². The maximum Gasteiger partial charge on any atom is 0.269 e. The standard InChI is InChI=1S/C14H15N3O3/c1-11(18)16(14-4-2-3-9-15-14)10-12-5-7-13(8-6-12)17(19)20/h2-9,11,18H,10H2,1H3. The van der Waals surface area contributed by atoms with Gasteiger partial charge in [-0.1, -0.05) is 18.2 Å². The molecule has 0 bridgehead atoms. The van der Waals surface area contributed by atoms with Crippen molar-refractivity contribution < 1.29 is 10.0 Å². The Bertz CT molecular complexity index is 570. The molecule has 1 atom stereocenters. The number of hydrogen-bond donors (Lipinski definition) is 1. The van der Waals surface area contributed by atoms with E-state index in [-0.39, 0.29) is 5.69 Å². The summed E-state index contributed by atoms with van der Waals surface area (Å²) in [5.41, 5.74) is 0.914. The van der Waals surface area contributed by atoms with Crippen LogP contribution in [-0.4, -0.2) is 21.2 Å². The average molecular weight is 273 g/mol. The third kappa shape index (κ3) is 3.30. The first-order valence-electron chi connectivity index (χ1n) is 6.17. The summed E-state index contributed by atoms with van der Waals surface area (Å²) in [6.07, 6.45) is 0.945.